The fraction of sp³-hybridized carbons (Fsp3) is 0.462. The average Bonchev–Trinajstić information content (AvgIpc) is 3.07. The van der Waals surface area contributed by atoms with Crippen LogP contribution in [0.15, 0.2) is 14.9 Å². The molecule has 3 aliphatic heterocycles. The number of carboxylic acid groups (broad SMARTS) is 1. The lowest BCUT2D eigenvalue weighted by atomic mass is 9.82. The SMILES string of the molecule is CC(=O)N1C[C@H]2CC(Sc3nnc(N)s3)=C(C(=O)O)N3C(=O)[C@@H]1[C@@H]23. The zero-order valence-corrected chi connectivity index (χ0v) is 14.1. The standard InChI is InChI=1S/C13H13N5O4S2/c1-4(19)17-3-5-2-6(23-13-16-15-12(14)24-13)8(11(21)22)18-7(5)9(17)10(18)20/h5,7,9H,2-3H2,1H3,(H2,14,15)(H,21,22)/t5-,7-,9+/m1/s1. The van der Waals surface area contributed by atoms with E-state index in [1.807, 2.05) is 0 Å². The smallest absolute Gasteiger partial charge is 0.353 e. The van der Waals surface area contributed by atoms with E-state index in [1.165, 1.54) is 23.6 Å². The number of hydrogen-bond acceptors (Lipinski definition) is 8. The lowest BCUT2D eigenvalue weighted by Crippen LogP contribution is -2.69. The summed E-state index contributed by atoms with van der Waals surface area (Å²) >= 11 is 2.34. The van der Waals surface area contributed by atoms with E-state index in [4.69, 9.17) is 5.73 Å². The molecular formula is C13H13N5O4S2. The molecule has 126 valence electrons. The Kier molecular flexibility index (Phi) is 3.32. The summed E-state index contributed by atoms with van der Waals surface area (Å²) in [4.78, 5) is 39.4. The second-order valence-electron chi connectivity index (χ2n) is 5.86. The van der Waals surface area contributed by atoms with Gasteiger partial charge in [-0.3, -0.25) is 14.5 Å². The molecule has 0 radical (unpaired) electrons. The molecule has 1 aromatic rings. The van der Waals surface area contributed by atoms with Crippen LogP contribution in [-0.4, -0.2) is 61.5 Å². The van der Waals surface area contributed by atoms with Crippen LogP contribution in [0.25, 0.3) is 0 Å². The van der Waals surface area contributed by atoms with Crippen LogP contribution in [0.4, 0.5) is 5.13 Å². The van der Waals surface area contributed by atoms with Crippen LogP contribution in [-0.2, 0) is 14.4 Å². The first-order valence-corrected chi connectivity index (χ1v) is 8.85. The average molecular weight is 367 g/mol. The van der Waals surface area contributed by atoms with E-state index in [0.29, 0.717) is 27.3 Å². The summed E-state index contributed by atoms with van der Waals surface area (Å²) in [6, 6.07) is -0.762. The molecule has 9 nitrogen and oxygen atoms in total. The largest absolute Gasteiger partial charge is 0.477 e. The van der Waals surface area contributed by atoms with E-state index in [1.54, 1.807) is 4.90 Å². The van der Waals surface area contributed by atoms with Gasteiger partial charge in [-0.2, -0.15) is 0 Å². The quantitative estimate of drug-likeness (QED) is 0.713. The van der Waals surface area contributed by atoms with E-state index < -0.39 is 12.0 Å². The molecule has 1 aromatic heterocycles. The number of rotatable bonds is 3. The number of amides is 2. The Morgan fingerprint density at radius 1 is 1.42 bits per heavy atom. The maximum absolute atomic E-state index is 12.5. The minimum Gasteiger partial charge on any atom is -0.477 e. The zero-order chi connectivity index (χ0) is 17.2. The Labute approximate surface area is 144 Å². The third-order valence-electron chi connectivity index (χ3n) is 4.55. The molecule has 3 aliphatic rings. The number of carboxylic acids is 1. The fourth-order valence-corrected chi connectivity index (χ4v) is 5.61. The Balaban J connectivity index is 1.71. The highest BCUT2D eigenvalue weighted by Gasteiger charge is 2.63. The minimum atomic E-state index is -1.15. The predicted octanol–water partition coefficient (Wildman–Crippen LogP) is -0.0300. The van der Waals surface area contributed by atoms with Crippen LogP contribution >= 0.6 is 23.1 Å². The molecule has 3 N–H and O–H groups in total. The molecule has 0 bridgehead atoms. The van der Waals surface area contributed by atoms with E-state index in [9.17, 15) is 19.5 Å². The number of thioether (sulfide) groups is 1. The topological polar surface area (TPSA) is 130 Å². The molecular weight excluding hydrogens is 354 g/mol. The number of nitrogen functional groups attached to an aromatic ring is 1. The highest BCUT2D eigenvalue weighted by atomic mass is 32.2. The summed E-state index contributed by atoms with van der Waals surface area (Å²) in [6.45, 7) is 1.89. The molecule has 2 amide bonds. The van der Waals surface area contributed by atoms with Gasteiger partial charge in [0.15, 0.2) is 4.34 Å². The van der Waals surface area contributed by atoms with Crippen molar-refractivity contribution in [1.29, 1.82) is 0 Å². The van der Waals surface area contributed by atoms with Crippen LogP contribution in [0.5, 0.6) is 0 Å². The van der Waals surface area contributed by atoms with Gasteiger partial charge in [0.1, 0.15) is 11.7 Å². The number of allylic oxidation sites excluding steroid dienone is 1. The number of nitrogens with zero attached hydrogens (tertiary/aromatic N) is 4. The van der Waals surface area contributed by atoms with Crippen molar-refractivity contribution in [1.82, 2.24) is 20.0 Å². The predicted molar refractivity (Wildman–Crippen MR) is 84.8 cm³/mol. The number of hydrogen-bond donors (Lipinski definition) is 2. The van der Waals surface area contributed by atoms with Gasteiger partial charge in [0.2, 0.25) is 11.0 Å². The van der Waals surface area contributed by atoms with Crippen LogP contribution in [0.2, 0.25) is 0 Å². The minimum absolute atomic E-state index is 0.0123. The monoisotopic (exact) mass is 367 g/mol. The number of anilines is 1. The Bertz CT molecular complexity index is 806. The van der Waals surface area contributed by atoms with Gasteiger partial charge in [0, 0.05) is 24.3 Å². The highest BCUT2D eigenvalue weighted by Crippen LogP contribution is 2.50. The maximum atomic E-state index is 12.5. The highest BCUT2D eigenvalue weighted by molar-refractivity contribution is 8.04. The van der Waals surface area contributed by atoms with E-state index in [-0.39, 0.29) is 29.5 Å². The van der Waals surface area contributed by atoms with Gasteiger partial charge >= 0.3 is 5.97 Å². The summed E-state index contributed by atoms with van der Waals surface area (Å²) in [5, 5.41) is 17.5. The van der Waals surface area contributed by atoms with Crippen molar-refractivity contribution < 1.29 is 19.5 Å². The van der Waals surface area contributed by atoms with Crippen molar-refractivity contribution in [3.63, 3.8) is 0 Å². The number of nitrogens with two attached hydrogens (primary N) is 1. The van der Waals surface area contributed by atoms with Gasteiger partial charge in [0.25, 0.3) is 5.91 Å². The molecule has 0 unspecified atom stereocenters. The van der Waals surface area contributed by atoms with Crippen molar-refractivity contribution in [2.45, 2.75) is 29.8 Å². The molecule has 4 heterocycles. The van der Waals surface area contributed by atoms with E-state index >= 15 is 0 Å². The zero-order valence-electron chi connectivity index (χ0n) is 12.5. The molecule has 4 rings (SSSR count). The molecule has 0 saturated carbocycles. The summed E-state index contributed by atoms with van der Waals surface area (Å²) in [6.07, 6.45) is 0.487. The van der Waals surface area contributed by atoms with Crippen LogP contribution in [0, 0.1) is 5.92 Å². The fourth-order valence-electron chi connectivity index (χ4n) is 3.67. The first-order valence-electron chi connectivity index (χ1n) is 7.22. The number of β-lactam (4-membered cyclic amide) rings is 1. The number of carbonyl (C=O) groups is 3. The first-order chi connectivity index (χ1) is 11.4. The molecule has 0 aromatic carbocycles. The number of aromatic nitrogens is 2. The van der Waals surface area contributed by atoms with Crippen molar-refractivity contribution in [3.05, 3.63) is 10.6 Å². The number of likely N-dealkylation sites (tertiary alicyclic amines) is 1. The molecule has 24 heavy (non-hydrogen) atoms. The maximum Gasteiger partial charge on any atom is 0.353 e. The molecule has 2 saturated heterocycles. The van der Waals surface area contributed by atoms with Crippen LogP contribution in [0.1, 0.15) is 13.3 Å². The lowest BCUT2D eigenvalue weighted by molar-refractivity contribution is -0.159. The molecule has 11 heteroatoms. The Morgan fingerprint density at radius 2 is 2.17 bits per heavy atom. The van der Waals surface area contributed by atoms with Crippen molar-refractivity contribution in [3.8, 4) is 0 Å². The first kappa shape index (κ1) is 15.4. The van der Waals surface area contributed by atoms with Crippen LogP contribution in [0.3, 0.4) is 0 Å². The molecule has 0 spiro atoms. The summed E-state index contributed by atoms with van der Waals surface area (Å²) < 4.78 is 0.533. The third kappa shape index (κ3) is 2.04. The molecule has 2 fully saturated rings. The van der Waals surface area contributed by atoms with Gasteiger partial charge in [-0.1, -0.05) is 23.1 Å². The van der Waals surface area contributed by atoms with Gasteiger partial charge in [-0.05, 0) is 6.42 Å². The van der Waals surface area contributed by atoms with E-state index in [2.05, 4.69) is 10.2 Å². The second-order valence-corrected chi connectivity index (χ2v) is 8.22. The Morgan fingerprint density at radius 3 is 2.75 bits per heavy atom. The van der Waals surface area contributed by atoms with E-state index in [0.717, 1.165) is 11.3 Å². The summed E-state index contributed by atoms with van der Waals surface area (Å²) in [5.41, 5.74) is 5.55. The lowest BCUT2D eigenvalue weighted by Gasteiger charge is -2.49. The second kappa shape index (κ2) is 5.18. The molecule has 0 aliphatic carbocycles. The Hall–Kier alpha value is -2.14. The van der Waals surface area contributed by atoms with Gasteiger partial charge in [-0.15, -0.1) is 10.2 Å². The number of aliphatic carboxylic acids is 1. The third-order valence-corrected chi connectivity index (χ3v) is 6.46. The summed E-state index contributed by atoms with van der Waals surface area (Å²) in [5.74, 6) is -1.61. The van der Waals surface area contributed by atoms with Crippen molar-refractivity contribution >= 4 is 46.0 Å². The number of carbonyl (C=O) groups excluding carboxylic acids is 2. The van der Waals surface area contributed by atoms with Gasteiger partial charge in [-0.25, -0.2) is 4.79 Å². The van der Waals surface area contributed by atoms with Crippen molar-refractivity contribution in [2.75, 3.05) is 12.3 Å². The summed E-state index contributed by atoms with van der Waals surface area (Å²) in [7, 11) is 0. The normalized spacial score (nSPS) is 28.0. The van der Waals surface area contributed by atoms with Gasteiger partial charge < -0.3 is 15.7 Å². The van der Waals surface area contributed by atoms with Crippen LogP contribution < -0.4 is 5.73 Å². The van der Waals surface area contributed by atoms with Crippen molar-refractivity contribution in [2.24, 2.45) is 5.92 Å². The van der Waals surface area contributed by atoms with Gasteiger partial charge in [0.05, 0.1) is 6.04 Å². The molecule has 3 atom stereocenters.